The van der Waals surface area contributed by atoms with Gasteiger partial charge >= 0.3 is 0 Å². The van der Waals surface area contributed by atoms with Crippen molar-refractivity contribution in [1.82, 2.24) is 19.7 Å². The molecule has 0 bridgehead atoms. The second-order valence-corrected chi connectivity index (χ2v) is 7.66. The molecule has 31 heavy (non-hydrogen) atoms. The number of amides is 1. The number of aromatic nitrogens is 4. The summed E-state index contributed by atoms with van der Waals surface area (Å²) >= 11 is 1.33. The number of thioether (sulfide) groups is 1. The predicted molar refractivity (Wildman–Crippen MR) is 120 cm³/mol. The number of anilines is 1. The van der Waals surface area contributed by atoms with Crippen LogP contribution in [-0.2, 0) is 4.79 Å². The molecule has 0 saturated carbocycles. The SMILES string of the molecule is COc1cc(NC(=O)CSc2ncnc3c2cnn3-c2ccccc2C)cc(OC)c1. The predicted octanol–water partition coefficient (Wildman–Crippen LogP) is 3.87. The number of hydrogen-bond donors (Lipinski definition) is 1. The minimum absolute atomic E-state index is 0.168. The van der Waals surface area contributed by atoms with Gasteiger partial charge in [-0.3, -0.25) is 4.79 Å². The molecule has 0 aliphatic heterocycles. The number of fused-ring (bicyclic) bond motifs is 1. The van der Waals surface area contributed by atoms with Crippen LogP contribution in [-0.4, -0.2) is 45.6 Å². The quantitative estimate of drug-likeness (QED) is 0.348. The van der Waals surface area contributed by atoms with E-state index in [0.29, 0.717) is 27.9 Å². The molecule has 0 atom stereocenters. The molecular formula is C22H21N5O3S. The number of nitrogens with zero attached hydrogens (tertiary/aromatic N) is 4. The molecule has 8 nitrogen and oxygen atoms in total. The van der Waals surface area contributed by atoms with E-state index in [9.17, 15) is 4.79 Å². The minimum Gasteiger partial charge on any atom is -0.497 e. The first kappa shape index (κ1) is 20.7. The summed E-state index contributed by atoms with van der Waals surface area (Å²) in [6, 6.07) is 13.2. The fourth-order valence-corrected chi connectivity index (χ4v) is 3.89. The van der Waals surface area contributed by atoms with Crippen LogP contribution in [0, 0.1) is 6.92 Å². The molecule has 9 heteroatoms. The molecule has 0 fully saturated rings. The summed E-state index contributed by atoms with van der Waals surface area (Å²) in [4.78, 5) is 21.3. The Kier molecular flexibility index (Phi) is 6.03. The number of carbonyl (C=O) groups excluding carboxylic acids is 1. The molecule has 2 heterocycles. The van der Waals surface area contributed by atoms with Gasteiger partial charge in [0.15, 0.2) is 5.65 Å². The molecule has 0 radical (unpaired) electrons. The topological polar surface area (TPSA) is 91.2 Å². The molecule has 1 amide bonds. The Bertz CT molecular complexity index is 1220. The standard InChI is InChI=1S/C22H21N5O3S/c1-14-6-4-5-7-19(14)27-21-18(11-25-27)22(24-13-23-21)31-12-20(28)26-15-8-16(29-2)10-17(9-15)30-3/h4-11,13H,12H2,1-3H3,(H,26,28). The number of ether oxygens (including phenoxy) is 2. The van der Waals surface area contributed by atoms with Crippen LogP contribution < -0.4 is 14.8 Å². The molecule has 1 N–H and O–H groups in total. The summed E-state index contributed by atoms with van der Waals surface area (Å²) in [7, 11) is 3.13. The number of methoxy groups -OCH3 is 2. The van der Waals surface area contributed by atoms with E-state index in [1.165, 1.54) is 18.1 Å². The lowest BCUT2D eigenvalue weighted by atomic mass is 10.2. The second-order valence-electron chi connectivity index (χ2n) is 6.70. The number of rotatable bonds is 7. The van der Waals surface area contributed by atoms with E-state index in [0.717, 1.165) is 16.6 Å². The fourth-order valence-electron chi connectivity index (χ4n) is 3.13. The lowest BCUT2D eigenvalue weighted by Crippen LogP contribution is -2.14. The Labute approximate surface area is 183 Å². The van der Waals surface area contributed by atoms with Gasteiger partial charge < -0.3 is 14.8 Å². The summed E-state index contributed by atoms with van der Waals surface area (Å²) in [6.07, 6.45) is 3.22. The van der Waals surface area contributed by atoms with E-state index in [-0.39, 0.29) is 11.7 Å². The van der Waals surface area contributed by atoms with Crippen LogP contribution in [0.5, 0.6) is 11.5 Å². The molecule has 2 aromatic carbocycles. The van der Waals surface area contributed by atoms with E-state index in [1.807, 2.05) is 31.2 Å². The van der Waals surface area contributed by atoms with E-state index in [1.54, 1.807) is 43.3 Å². The number of benzene rings is 2. The highest BCUT2D eigenvalue weighted by Crippen LogP contribution is 2.28. The Morgan fingerprint density at radius 3 is 2.55 bits per heavy atom. The largest absolute Gasteiger partial charge is 0.497 e. The molecular weight excluding hydrogens is 414 g/mol. The molecule has 4 rings (SSSR count). The van der Waals surface area contributed by atoms with Gasteiger partial charge in [-0.2, -0.15) is 5.10 Å². The summed E-state index contributed by atoms with van der Waals surface area (Å²) in [6.45, 7) is 2.03. The Morgan fingerprint density at radius 1 is 1.10 bits per heavy atom. The van der Waals surface area contributed by atoms with E-state index < -0.39 is 0 Å². The van der Waals surface area contributed by atoms with Crippen molar-refractivity contribution in [2.24, 2.45) is 0 Å². The van der Waals surface area contributed by atoms with Gasteiger partial charge in [0.05, 0.1) is 37.2 Å². The zero-order valence-corrected chi connectivity index (χ0v) is 18.1. The first-order valence-corrected chi connectivity index (χ1v) is 10.5. The smallest absolute Gasteiger partial charge is 0.234 e. The number of nitrogens with one attached hydrogen (secondary N) is 1. The molecule has 0 saturated heterocycles. The Hall–Kier alpha value is -3.59. The van der Waals surface area contributed by atoms with Gasteiger partial charge in [0.1, 0.15) is 22.9 Å². The maximum Gasteiger partial charge on any atom is 0.234 e. The van der Waals surface area contributed by atoms with Gasteiger partial charge in [0, 0.05) is 23.9 Å². The van der Waals surface area contributed by atoms with Gasteiger partial charge in [-0.1, -0.05) is 30.0 Å². The van der Waals surface area contributed by atoms with Gasteiger partial charge in [-0.15, -0.1) is 0 Å². The van der Waals surface area contributed by atoms with E-state index in [2.05, 4.69) is 20.4 Å². The first-order valence-electron chi connectivity index (χ1n) is 9.49. The van der Waals surface area contributed by atoms with Crippen LogP contribution >= 0.6 is 11.8 Å². The van der Waals surface area contributed by atoms with Crippen molar-refractivity contribution in [1.29, 1.82) is 0 Å². The summed E-state index contributed by atoms with van der Waals surface area (Å²) < 4.78 is 12.3. The molecule has 0 aliphatic rings. The Morgan fingerprint density at radius 2 is 1.84 bits per heavy atom. The average molecular weight is 436 g/mol. The van der Waals surface area contributed by atoms with Crippen molar-refractivity contribution >= 4 is 34.4 Å². The third kappa shape index (κ3) is 4.46. The average Bonchev–Trinajstić information content (AvgIpc) is 3.22. The van der Waals surface area contributed by atoms with Crippen molar-refractivity contribution in [3.05, 3.63) is 60.6 Å². The molecule has 0 unspecified atom stereocenters. The van der Waals surface area contributed by atoms with Gasteiger partial charge in [0.25, 0.3) is 0 Å². The van der Waals surface area contributed by atoms with Crippen molar-refractivity contribution < 1.29 is 14.3 Å². The maximum atomic E-state index is 12.5. The summed E-state index contributed by atoms with van der Waals surface area (Å²) in [5.41, 5.74) is 3.34. The Balaban J connectivity index is 1.51. The van der Waals surface area contributed by atoms with Crippen LogP contribution in [0.1, 0.15) is 5.56 Å². The van der Waals surface area contributed by atoms with Crippen LogP contribution in [0.15, 0.2) is 60.0 Å². The first-order chi connectivity index (χ1) is 15.1. The van der Waals surface area contributed by atoms with Gasteiger partial charge in [-0.05, 0) is 18.6 Å². The molecule has 158 valence electrons. The number of carbonyl (C=O) groups is 1. The van der Waals surface area contributed by atoms with E-state index >= 15 is 0 Å². The normalized spacial score (nSPS) is 10.8. The van der Waals surface area contributed by atoms with Crippen molar-refractivity contribution in [3.63, 3.8) is 0 Å². The third-order valence-electron chi connectivity index (χ3n) is 4.65. The summed E-state index contributed by atoms with van der Waals surface area (Å²) in [5, 5.41) is 8.85. The highest BCUT2D eigenvalue weighted by molar-refractivity contribution is 8.00. The molecule has 0 aliphatic carbocycles. The second kappa shape index (κ2) is 9.05. The lowest BCUT2D eigenvalue weighted by molar-refractivity contribution is -0.113. The summed E-state index contributed by atoms with van der Waals surface area (Å²) in [5.74, 6) is 1.21. The fraction of sp³-hybridized carbons (Fsp3) is 0.182. The van der Waals surface area contributed by atoms with Crippen molar-refractivity contribution in [2.75, 3.05) is 25.3 Å². The van der Waals surface area contributed by atoms with Crippen LogP contribution in [0.25, 0.3) is 16.7 Å². The van der Waals surface area contributed by atoms with Crippen LogP contribution in [0.4, 0.5) is 5.69 Å². The van der Waals surface area contributed by atoms with Gasteiger partial charge in [-0.25, -0.2) is 14.6 Å². The number of hydrogen-bond acceptors (Lipinski definition) is 7. The third-order valence-corrected chi connectivity index (χ3v) is 5.65. The minimum atomic E-state index is -0.168. The van der Waals surface area contributed by atoms with Crippen molar-refractivity contribution in [2.45, 2.75) is 11.9 Å². The lowest BCUT2D eigenvalue weighted by Gasteiger charge is -2.10. The van der Waals surface area contributed by atoms with Crippen LogP contribution in [0.2, 0.25) is 0 Å². The number of aryl methyl sites for hydroxylation is 1. The molecule has 4 aromatic rings. The zero-order chi connectivity index (χ0) is 21.8. The maximum absolute atomic E-state index is 12.5. The van der Waals surface area contributed by atoms with E-state index in [4.69, 9.17) is 9.47 Å². The van der Waals surface area contributed by atoms with Gasteiger partial charge in [0.2, 0.25) is 5.91 Å². The zero-order valence-electron chi connectivity index (χ0n) is 17.3. The molecule has 2 aromatic heterocycles. The molecule has 0 spiro atoms. The monoisotopic (exact) mass is 435 g/mol. The van der Waals surface area contributed by atoms with Crippen LogP contribution in [0.3, 0.4) is 0 Å². The highest BCUT2D eigenvalue weighted by Gasteiger charge is 2.14. The number of para-hydroxylation sites is 1. The highest BCUT2D eigenvalue weighted by atomic mass is 32.2. The van der Waals surface area contributed by atoms with Crippen molar-refractivity contribution in [3.8, 4) is 17.2 Å².